The van der Waals surface area contributed by atoms with Crippen LogP contribution in [0.1, 0.15) is 23.5 Å². The first kappa shape index (κ1) is 12.5. The van der Waals surface area contributed by atoms with E-state index in [1.807, 2.05) is 19.9 Å². The molecule has 0 fully saturated rings. The van der Waals surface area contributed by atoms with Gasteiger partial charge in [-0.3, -0.25) is 10.1 Å². The molecule has 0 radical (unpaired) electrons. The molecule has 1 amide bonds. The second-order valence-electron chi connectivity index (χ2n) is 3.63. The number of carbonyl (C=O) groups excluding carboxylic acids is 1. The fourth-order valence-electron chi connectivity index (χ4n) is 1.29. The van der Waals surface area contributed by atoms with E-state index in [2.05, 4.69) is 15.5 Å². The highest BCUT2D eigenvalue weighted by Crippen LogP contribution is 2.15. The summed E-state index contributed by atoms with van der Waals surface area (Å²) in [6, 6.07) is 3.65. The van der Waals surface area contributed by atoms with Crippen LogP contribution in [0.5, 0.6) is 0 Å². The molecule has 0 saturated heterocycles. The molecule has 0 unspecified atom stereocenters. The number of amides is 1. The number of aryl methyl sites for hydroxylation is 2. The summed E-state index contributed by atoms with van der Waals surface area (Å²) in [7, 11) is 0. The van der Waals surface area contributed by atoms with Crippen LogP contribution >= 0.6 is 11.3 Å². The smallest absolute Gasteiger partial charge is 0.250 e. The molecule has 0 spiro atoms. The van der Waals surface area contributed by atoms with Gasteiger partial charge in [0.25, 0.3) is 0 Å². The monoisotopic (exact) mass is 263 g/mol. The third-order valence-electron chi connectivity index (χ3n) is 2.16. The quantitative estimate of drug-likeness (QED) is 0.861. The third kappa shape index (κ3) is 3.27. The lowest BCUT2D eigenvalue weighted by Gasteiger charge is -1.93. The molecule has 2 rings (SSSR count). The Kier molecular flexibility index (Phi) is 3.88. The number of carbonyl (C=O) groups is 1. The molecule has 5 nitrogen and oxygen atoms in total. The first-order valence-electron chi connectivity index (χ1n) is 5.55. The van der Waals surface area contributed by atoms with Crippen molar-refractivity contribution in [1.82, 2.24) is 10.2 Å². The van der Waals surface area contributed by atoms with E-state index in [-0.39, 0.29) is 5.91 Å². The van der Waals surface area contributed by atoms with Crippen molar-refractivity contribution in [3.8, 4) is 0 Å². The van der Waals surface area contributed by atoms with E-state index in [4.69, 9.17) is 4.42 Å². The number of furan rings is 1. The number of anilines is 1. The fourth-order valence-corrected chi connectivity index (χ4v) is 1.98. The summed E-state index contributed by atoms with van der Waals surface area (Å²) in [6.45, 7) is 3.84. The van der Waals surface area contributed by atoms with E-state index < -0.39 is 0 Å². The topological polar surface area (TPSA) is 68.0 Å². The van der Waals surface area contributed by atoms with E-state index in [0.29, 0.717) is 10.9 Å². The average Bonchev–Trinajstić information content (AvgIpc) is 2.95. The number of nitrogens with zero attached hydrogens (tertiary/aromatic N) is 2. The molecule has 1 N–H and O–H groups in total. The minimum Gasteiger partial charge on any atom is -0.462 e. The maximum atomic E-state index is 11.6. The molecular weight excluding hydrogens is 250 g/mol. The molecule has 0 aliphatic rings. The van der Waals surface area contributed by atoms with Gasteiger partial charge >= 0.3 is 0 Å². The first-order valence-corrected chi connectivity index (χ1v) is 6.37. The Morgan fingerprint density at radius 2 is 2.33 bits per heavy atom. The highest BCUT2D eigenvalue weighted by molar-refractivity contribution is 7.15. The molecular formula is C12H13N3O2S. The van der Waals surface area contributed by atoms with Gasteiger partial charge in [-0.25, -0.2) is 0 Å². The molecule has 94 valence electrons. The van der Waals surface area contributed by atoms with Crippen LogP contribution in [0.25, 0.3) is 6.08 Å². The summed E-state index contributed by atoms with van der Waals surface area (Å²) in [5, 5.41) is 11.8. The van der Waals surface area contributed by atoms with Crippen molar-refractivity contribution >= 4 is 28.5 Å². The van der Waals surface area contributed by atoms with Gasteiger partial charge in [0.05, 0.1) is 0 Å². The average molecular weight is 263 g/mol. The zero-order valence-electron chi connectivity index (χ0n) is 10.1. The Labute approximate surface area is 109 Å². The van der Waals surface area contributed by atoms with Crippen molar-refractivity contribution in [2.75, 3.05) is 5.32 Å². The van der Waals surface area contributed by atoms with Gasteiger partial charge in [-0.2, -0.15) is 0 Å². The maximum Gasteiger partial charge on any atom is 0.250 e. The standard InChI is InChI=1S/C12H13N3O2S/c1-3-11-14-15-12(18-11)13-10(16)7-6-9-5-4-8(2)17-9/h4-7H,3H2,1-2H3,(H,13,15,16)/b7-6+. The molecule has 2 heterocycles. The van der Waals surface area contributed by atoms with Crippen LogP contribution in [-0.2, 0) is 11.2 Å². The molecule has 0 aliphatic heterocycles. The Bertz CT molecular complexity index is 571. The van der Waals surface area contributed by atoms with E-state index in [1.54, 1.807) is 12.1 Å². The van der Waals surface area contributed by atoms with Crippen molar-refractivity contribution in [3.63, 3.8) is 0 Å². The molecule has 0 aliphatic carbocycles. The van der Waals surface area contributed by atoms with E-state index in [0.717, 1.165) is 17.2 Å². The zero-order chi connectivity index (χ0) is 13.0. The predicted octanol–water partition coefficient (Wildman–Crippen LogP) is 2.65. The minimum atomic E-state index is -0.247. The van der Waals surface area contributed by atoms with Crippen LogP contribution in [0.3, 0.4) is 0 Å². The highest BCUT2D eigenvalue weighted by atomic mass is 32.1. The fraction of sp³-hybridized carbons (Fsp3) is 0.250. The van der Waals surface area contributed by atoms with Gasteiger partial charge in [-0.1, -0.05) is 18.3 Å². The van der Waals surface area contributed by atoms with Crippen LogP contribution in [0.15, 0.2) is 22.6 Å². The highest BCUT2D eigenvalue weighted by Gasteiger charge is 2.04. The lowest BCUT2D eigenvalue weighted by atomic mass is 10.4. The molecule has 6 heteroatoms. The van der Waals surface area contributed by atoms with Gasteiger partial charge < -0.3 is 4.42 Å². The third-order valence-corrected chi connectivity index (χ3v) is 3.14. The largest absolute Gasteiger partial charge is 0.462 e. The normalized spacial score (nSPS) is 11.0. The van der Waals surface area contributed by atoms with Crippen molar-refractivity contribution in [3.05, 3.63) is 34.7 Å². The summed E-state index contributed by atoms with van der Waals surface area (Å²) < 4.78 is 5.31. The Balaban J connectivity index is 1.94. The second-order valence-corrected chi connectivity index (χ2v) is 4.69. The van der Waals surface area contributed by atoms with Crippen molar-refractivity contribution in [2.45, 2.75) is 20.3 Å². The minimum absolute atomic E-state index is 0.247. The van der Waals surface area contributed by atoms with Gasteiger partial charge in [0.15, 0.2) is 0 Å². The van der Waals surface area contributed by atoms with Gasteiger partial charge in [0.1, 0.15) is 16.5 Å². The SMILES string of the molecule is CCc1nnc(NC(=O)/C=C/c2ccc(C)o2)s1. The summed E-state index contributed by atoms with van der Waals surface area (Å²) in [5.74, 6) is 1.21. The van der Waals surface area contributed by atoms with E-state index in [1.165, 1.54) is 17.4 Å². The maximum absolute atomic E-state index is 11.6. The predicted molar refractivity (Wildman–Crippen MR) is 70.4 cm³/mol. The first-order chi connectivity index (χ1) is 8.67. The number of hydrogen-bond donors (Lipinski definition) is 1. The van der Waals surface area contributed by atoms with Gasteiger partial charge in [-0.15, -0.1) is 10.2 Å². The van der Waals surface area contributed by atoms with E-state index in [9.17, 15) is 4.79 Å². The van der Waals surface area contributed by atoms with Gasteiger partial charge in [0.2, 0.25) is 11.0 Å². The van der Waals surface area contributed by atoms with E-state index >= 15 is 0 Å². The van der Waals surface area contributed by atoms with Crippen molar-refractivity contribution in [1.29, 1.82) is 0 Å². The molecule has 0 bridgehead atoms. The Hall–Kier alpha value is -1.95. The number of aromatic nitrogens is 2. The summed E-state index contributed by atoms with van der Waals surface area (Å²) in [5.41, 5.74) is 0. The van der Waals surface area contributed by atoms with Crippen LogP contribution in [0, 0.1) is 6.92 Å². The number of hydrogen-bond acceptors (Lipinski definition) is 5. The zero-order valence-corrected chi connectivity index (χ0v) is 11.0. The molecule has 0 aromatic carbocycles. The second kappa shape index (κ2) is 5.59. The summed E-state index contributed by atoms with van der Waals surface area (Å²) in [4.78, 5) is 11.6. The number of rotatable bonds is 4. The molecule has 0 saturated carbocycles. The number of nitrogens with one attached hydrogen (secondary N) is 1. The Morgan fingerprint density at radius 1 is 1.50 bits per heavy atom. The lowest BCUT2D eigenvalue weighted by molar-refractivity contribution is -0.111. The van der Waals surface area contributed by atoms with Crippen LogP contribution in [-0.4, -0.2) is 16.1 Å². The van der Waals surface area contributed by atoms with Crippen LogP contribution < -0.4 is 5.32 Å². The summed E-state index contributed by atoms with van der Waals surface area (Å²) in [6.07, 6.45) is 3.84. The van der Waals surface area contributed by atoms with Crippen molar-refractivity contribution < 1.29 is 9.21 Å². The van der Waals surface area contributed by atoms with Gasteiger partial charge in [-0.05, 0) is 31.6 Å². The van der Waals surface area contributed by atoms with Crippen molar-refractivity contribution in [2.24, 2.45) is 0 Å². The molecule has 2 aromatic heterocycles. The molecule has 18 heavy (non-hydrogen) atoms. The van der Waals surface area contributed by atoms with Crippen LogP contribution in [0.2, 0.25) is 0 Å². The lowest BCUT2D eigenvalue weighted by Crippen LogP contribution is -2.07. The van der Waals surface area contributed by atoms with Crippen LogP contribution in [0.4, 0.5) is 5.13 Å². The molecule has 0 atom stereocenters. The Morgan fingerprint density at radius 3 is 2.94 bits per heavy atom. The van der Waals surface area contributed by atoms with Gasteiger partial charge in [0, 0.05) is 6.08 Å². The molecule has 2 aromatic rings. The summed E-state index contributed by atoms with van der Waals surface area (Å²) >= 11 is 1.38.